The molecule has 10 heteroatoms. The first-order chi connectivity index (χ1) is 12.7. The lowest BCUT2D eigenvalue weighted by molar-refractivity contribution is 0.145. The maximum absolute atomic E-state index is 14.4. The van der Waals surface area contributed by atoms with Crippen molar-refractivity contribution in [2.45, 2.75) is 30.5 Å². The molecule has 0 saturated carbocycles. The van der Waals surface area contributed by atoms with Crippen LogP contribution in [-0.4, -0.2) is 43.4 Å². The Morgan fingerprint density at radius 2 is 1.78 bits per heavy atom. The summed E-state index contributed by atoms with van der Waals surface area (Å²) in [6.07, 6.45) is 0.710. The number of halogens is 3. The number of fused-ring (bicyclic) bond motifs is 1. The van der Waals surface area contributed by atoms with Gasteiger partial charge in [-0.3, -0.25) is 9.11 Å². The quantitative estimate of drug-likeness (QED) is 0.644. The summed E-state index contributed by atoms with van der Waals surface area (Å²) in [4.78, 5) is 10.6. The normalized spacial score (nSPS) is 20.6. The Morgan fingerprint density at radius 1 is 1.07 bits per heavy atom. The molecular weight excluding hydrogens is 400 g/mol. The van der Waals surface area contributed by atoms with Gasteiger partial charge in [-0.25, -0.2) is 18.7 Å². The monoisotopic (exact) mass is 417 g/mol. The molecule has 2 aliphatic heterocycles. The number of anilines is 1. The van der Waals surface area contributed by atoms with Gasteiger partial charge in [0.15, 0.2) is 5.82 Å². The third-order valence-corrected chi connectivity index (χ3v) is 6.61. The van der Waals surface area contributed by atoms with Crippen molar-refractivity contribution in [3.63, 3.8) is 0 Å². The SMILES string of the molecule is OC1CCN(c2nc(-c3cc(F)c(Cl)cc3F)nc3c2CS(O)(O)C3)CC1. The van der Waals surface area contributed by atoms with E-state index < -0.39 is 22.2 Å². The molecule has 0 spiro atoms. The lowest BCUT2D eigenvalue weighted by Crippen LogP contribution is -2.37. The van der Waals surface area contributed by atoms with Gasteiger partial charge in [0.05, 0.1) is 33.9 Å². The minimum atomic E-state index is -2.87. The maximum Gasteiger partial charge on any atom is 0.164 e. The molecule has 1 fully saturated rings. The molecular formula is C17H18ClF2N3O3S. The Balaban J connectivity index is 1.83. The van der Waals surface area contributed by atoms with Gasteiger partial charge in [-0.2, -0.15) is 10.6 Å². The van der Waals surface area contributed by atoms with Crippen molar-refractivity contribution in [3.05, 3.63) is 40.0 Å². The van der Waals surface area contributed by atoms with Gasteiger partial charge in [0.25, 0.3) is 0 Å². The van der Waals surface area contributed by atoms with Crippen molar-refractivity contribution in [1.82, 2.24) is 9.97 Å². The molecule has 1 saturated heterocycles. The molecule has 0 bridgehead atoms. The van der Waals surface area contributed by atoms with Gasteiger partial charge >= 0.3 is 0 Å². The summed E-state index contributed by atoms with van der Waals surface area (Å²) >= 11 is 5.62. The van der Waals surface area contributed by atoms with Crippen LogP contribution < -0.4 is 4.90 Å². The van der Waals surface area contributed by atoms with Gasteiger partial charge < -0.3 is 10.0 Å². The van der Waals surface area contributed by atoms with Crippen LogP contribution in [0.4, 0.5) is 14.6 Å². The topological polar surface area (TPSA) is 89.7 Å². The Morgan fingerprint density at radius 3 is 2.48 bits per heavy atom. The second kappa shape index (κ2) is 6.82. The summed E-state index contributed by atoms with van der Waals surface area (Å²) in [5.74, 6) is -1.10. The molecule has 2 aromatic rings. The Hall–Kier alpha value is -1.52. The highest BCUT2D eigenvalue weighted by molar-refractivity contribution is 8.23. The molecule has 3 N–H and O–H groups in total. The van der Waals surface area contributed by atoms with Crippen molar-refractivity contribution < 1.29 is 23.0 Å². The first-order valence-corrected chi connectivity index (χ1v) is 10.7. The molecule has 6 nitrogen and oxygen atoms in total. The molecule has 0 amide bonds. The van der Waals surface area contributed by atoms with Crippen molar-refractivity contribution in [2.24, 2.45) is 0 Å². The number of hydrogen-bond donors (Lipinski definition) is 3. The van der Waals surface area contributed by atoms with Crippen molar-refractivity contribution in [3.8, 4) is 11.4 Å². The van der Waals surface area contributed by atoms with Crippen LogP contribution in [0.3, 0.4) is 0 Å². The molecule has 146 valence electrons. The van der Waals surface area contributed by atoms with Gasteiger partial charge in [-0.05, 0) is 25.0 Å². The van der Waals surface area contributed by atoms with Gasteiger partial charge in [0, 0.05) is 18.7 Å². The van der Waals surface area contributed by atoms with E-state index >= 15 is 0 Å². The zero-order valence-electron chi connectivity index (χ0n) is 14.2. The van der Waals surface area contributed by atoms with Crippen LogP contribution in [0.25, 0.3) is 11.4 Å². The van der Waals surface area contributed by atoms with Crippen molar-refractivity contribution >= 4 is 28.0 Å². The average molecular weight is 418 g/mol. The summed E-state index contributed by atoms with van der Waals surface area (Å²) in [5, 5.41) is 9.40. The van der Waals surface area contributed by atoms with Gasteiger partial charge in [0.1, 0.15) is 17.5 Å². The smallest absolute Gasteiger partial charge is 0.164 e. The van der Waals surface area contributed by atoms with Crippen LogP contribution in [0.5, 0.6) is 0 Å². The number of aromatic nitrogens is 2. The zero-order valence-corrected chi connectivity index (χ0v) is 15.8. The largest absolute Gasteiger partial charge is 0.393 e. The highest BCUT2D eigenvalue weighted by Gasteiger charge is 2.33. The molecule has 3 heterocycles. The number of hydrogen-bond acceptors (Lipinski definition) is 6. The molecule has 1 aromatic carbocycles. The molecule has 0 atom stereocenters. The van der Waals surface area contributed by atoms with E-state index in [9.17, 15) is 23.0 Å². The highest BCUT2D eigenvalue weighted by Crippen LogP contribution is 2.54. The molecule has 0 radical (unpaired) electrons. The minimum absolute atomic E-state index is 0.0277. The van der Waals surface area contributed by atoms with Crippen LogP contribution in [0.15, 0.2) is 12.1 Å². The van der Waals surface area contributed by atoms with Gasteiger partial charge in [0.2, 0.25) is 0 Å². The summed E-state index contributed by atoms with van der Waals surface area (Å²) in [5.41, 5.74) is 0.905. The van der Waals surface area contributed by atoms with E-state index in [1.807, 2.05) is 4.90 Å². The third kappa shape index (κ3) is 3.62. The van der Waals surface area contributed by atoms with Crippen LogP contribution >= 0.6 is 22.2 Å². The summed E-state index contributed by atoms with van der Waals surface area (Å²) in [6.45, 7) is 1.06. The fourth-order valence-corrected chi connectivity index (χ4v) is 5.13. The fraction of sp³-hybridized carbons (Fsp3) is 0.412. The standard InChI is InChI=1S/C17H18ClF2N3O3S/c18-12-6-13(19)10(5-14(12)20)16-21-15-8-27(25,26)7-11(15)17(22-16)23-3-1-9(24)2-4-23/h5-6,9,24-26H,1-4,7-8H2. The second-order valence-electron chi connectivity index (χ2n) is 6.85. The predicted octanol–water partition coefficient (Wildman–Crippen LogP) is 3.80. The number of piperidine rings is 1. The molecule has 1 aromatic heterocycles. The van der Waals surface area contributed by atoms with E-state index in [0.29, 0.717) is 43.0 Å². The summed E-state index contributed by atoms with van der Waals surface area (Å²) < 4.78 is 48.5. The Bertz CT molecular complexity index is 907. The van der Waals surface area contributed by atoms with Crippen LogP contribution in [0, 0.1) is 11.6 Å². The van der Waals surface area contributed by atoms with E-state index in [0.717, 1.165) is 12.1 Å². The first kappa shape index (κ1) is 18.8. The van der Waals surface area contributed by atoms with Crippen molar-refractivity contribution in [1.29, 1.82) is 0 Å². The molecule has 27 heavy (non-hydrogen) atoms. The highest BCUT2D eigenvalue weighted by atomic mass is 35.5. The molecule has 0 unspecified atom stereocenters. The maximum atomic E-state index is 14.4. The Labute approximate surface area is 161 Å². The minimum Gasteiger partial charge on any atom is -0.393 e. The van der Waals surface area contributed by atoms with Gasteiger partial charge in [-0.15, -0.1) is 0 Å². The summed E-state index contributed by atoms with van der Waals surface area (Å²) in [6, 6.07) is 1.81. The predicted molar refractivity (Wildman–Crippen MR) is 100 cm³/mol. The summed E-state index contributed by atoms with van der Waals surface area (Å²) in [7, 11) is -2.87. The van der Waals surface area contributed by atoms with E-state index in [1.54, 1.807) is 0 Å². The average Bonchev–Trinajstić information content (AvgIpc) is 2.92. The van der Waals surface area contributed by atoms with E-state index in [1.165, 1.54) is 0 Å². The van der Waals surface area contributed by atoms with Gasteiger partial charge in [-0.1, -0.05) is 11.6 Å². The number of aliphatic hydroxyl groups excluding tert-OH is 1. The lowest BCUT2D eigenvalue weighted by Gasteiger charge is -2.32. The molecule has 2 aliphatic rings. The van der Waals surface area contributed by atoms with E-state index in [4.69, 9.17) is 11.6 Å². The first-order valence-electron chi connectivity index (χ1n) is 8.45. The van der Waals surface area contributed by atoms with Crippen molar-refractivity contribution in [2.75, 3.05) is 18.0 Å². The van der Waals surface area contributed by atoms with Crippen LogP contribution in [-0.2, 0) is 11.5 Å². The number of rotatable bonds is 2. The van der Waals surface area contributed by atoms with E-state index in [-0.39, 0.29) is 34.0 Å². The second-order valence-corrected chi connectivity index (χ2v) is 9.44. The lowest BCUT2D eigenvalue weighted by atomic mass is 10.1. The fourth-order valence-electron chi connectivity index (χ4n) is 3.44. The zero-order chi connectivity index (χ0) is 19.3. The van der Waals surface area contributed by atoms with Crippen LogP contribution in [0.2, 0.25) is 5.02 Å². The molecule has 0 aliphatic carbocycles. The van der Waals surface area contributed by atoms with E-state index in [2.05, 4.69) is 9.97 Å². The Kier molecular flexibility index (Phi) is 4.76. The number of nitrogens with zero attached hydrogens (tertiary/aromatic N) is 3. The number of benzene rings is 1. The third-order valence-electron chi connectivity index (χ3n) is 4.83. The molecule has 4 rings (SSSR count). The number of aliphatic hydroxyl groups is 1. The van der Waals surface area contributed by atoms with Crippen LogP contribution in [0.1, 0.15) is 24.1 Å².